The average Bonchev–Trinajstić information content (AvgIpc) is 2.03. The van der Waals surface area contributed by atoms with Crippen LogP contribution >= 0.6 is 0 Å². The van der Waals surface area contributed by atoms with Gasteiger partial charge in [0.2, 0.25) is 0 Å². The molecule has 1 heterocycles. The summed E-state index contributed by atoms with van der Waals surface area (Å²) in [6.07, 6.45) is 1.67. The Labute approximate surface area is 76.4 Å². The number of aliphatic carboxylic acids is 1. The number of carbonyl (C=O) groups is 1. The quantitative estimate of drug-likeness (QED) is 0.733. The summed E-state index contributed by atoms with van der Waals surface area (Å²) in [4.78, 5) is 14.5. The minimum atomic E-state index is -0.822. The molecule has 0 amide bonds. The zero-order valence-electron chi connectivity index (χ0n) is 7.40. The average molecular weight is 180 g/mol. The molecule has 0 spiro atoms. The van der Waals surface area contributed by atoms with Crippen molar-refractivity contribution < 1.29 is 9.90 Å². The lowest BCUT2D eigenvalue weighted by Gasteiger charge is -2.07. The fourth-order valence-corrected chi connectivity index (χ4v) is 1.10. The van der Waals surface area contributed by atoms with Gasteiger partial charge in [-0.25, -0.2) is 0 Å². The van der Waals surface area contributed by atoms with Crippen LogP contribution in [0.2, 0.25) is 0 Å². The molecule has 0 saturated heterocycles. The van der Waals surface area contributed by atoms with Gasteiger partial charge in [0, 0.05) is 23.5 Å². The Kier molecular flexibility index (Phi) is 2.84. The zero-order chi connectivity index (χ0) is 9.84. The van der Waals surface area contributed by atoms with Crippen LogP contribution in [-0.4, -0.2) is 16.1 Å². The van der Waals surface area contributed by atoms with Crippen LogP contribution in [-0.2, 0) is 4.79 Å². The van der Waals surface area contributed by atoms with Crippen LogP contribution in [0.5, 0.6) is 0 Å². The standard InChI is InChI=1S/C9H12N2O2/c1-6(4-9(12)13)8-5-7(10)2-3-11-8/h2-3,5-6H,4H2,1H3,(H2,10,11)(H,12,13)/t6-/m0/s1. The largest absolute Gasteiger partial charge is 0.481 e. The number of hydrogen-bond donors (Lipinski definition) is 2. The maximum absolute atomic E-state index is 10.4. The smallest absolute Gasteiger partial charge is 0.304 e. The van der Waals surface area contributed by atoms with Gasteiger partial charge in [0.1, 0.15) is 0 Å². The highest BCUT2D eigenvalue weighted by atomic mass is 16.4. The van der Waals surface area contributed by atoms with E-state index in [4.69, 9.17) is 10.8 Å². The van der Waals surface area contributed by atoms with Crippen molar-refractivity contribution in [1.29, 1.82) is 0 Å². The first kappa shape index (κ1) is 9.51. The number of hydrogen-bond acceptors (Lipinski definition) is 3. The predicted octanol–water partition coefficient (Wildman–Crippen LogP) is 1.24. The van der Waals surface area contributed by atoms with Crippen LogP contribution < -0.4 is 5.73 Å². The first-order valence-corrected chi connectivity index (χ1v) is 4.03. The van der Waals surface area contributed by atoms with E-state index in [0.29, 0.717) is 5.69 Å². The molecule has 4 heteroatoms. The predicted molar refractivity (Wildman–Crippen MR) is 49.3 cm³/mol. The van der Waals surface area contributed by atoms with Crippen LogP contribution in [0.1, 0.15) is 25.0 Å². The van der Waals surface area contributed by atoms with Gasteiger partial charge in [-0.15, -0.1) is 0 Å². The van der Waals surface area contributed by atoms with Gasteiger partial charge in [0.25, 0.3) is 0 Å². The lowest BCUT2D eigenvalue weighted by Crippen LogP contribution is -2.04. The molecule has 13 heavy (non-hydrogen) atoms. The van der Waals surface area contributed by atoms with Crippen LogP contribution in [0.4, 0.5) is 5.69 Å². The summed E-state index contributed by atoms with van der Waals surface area (Å²) >= 11 is 0. The Bertz CT molecular complexity index is 312. The molecular weight excluding hydrogens is 168 g/mol. The highest BCUT2D eigenvalue weighted by Crippen LogP contribution is 2.17. The van der Waals surface area contributed by atoms with Gasteiger partial charge in [0.05, 0.1) is 6.42 Å². The van der Waals surface area contributed by atoms with Crippen molar-refractivity contribution in [2.45, 2.75) is 19.3 Å². The van der Waals surface area contributed by atoms with Crippen LogP contribution in [0, 0.1) is 0 Å². The van der Waals surface area contributed by atoms with Crippen molar-refractivity contribution in [3.05, 3.63) is 24.0 Å². The fraction of sp³-hybridized carbons (Fsp3) is 0.333. The Morgan fingerprint density at radius 3 is 3.00 bits per heavy atom. The highest BCUT2D eigenvalue weighted by molar-refractivity contribution is 5.67. The Hall–Kier alpha value is -1.58. The molecule has 0 radical (unpaired) electrons. The molecular formula is C9H12N2O2. The van der Waals surface area contributed by atoms with Crippen molar-refractivity contribution in [2.24, 2.45) is 0 Å². The lowest BCUT2D eigenvalue weighted by molar-refractivity contribution is -0.137. The van der Waals surface area contributed by atoms with E-state index in [1.165, 1.54) is 0 Å². The monoisotopic (exact) mass is 180 g/mol. The molecule has 0 fully saturated rings. The van der Waals surface area contributed by atoms with Crippen LogP contribution in [0.3, 0.4) is 0 Å². The summed E-state index contributed by atoms with van der Waals surface area (Å²) in [6, 6.07) is 3.38. The molecule has 0 aliphatic carbocycles. The van der Waals surface area contributed by atoms with Crippen molar-refractivity contribution in [3.8, 4) is 0 Å². The van der Waals surface area contributed by atoms with E-state index in [-0.39, 0.29) is 12.3 Å². The molecule has 0 aliphatic heterocycles. The first-order valence-electron chi connectivity index (χ1n) is 4.03. The molecule has 1 rings (SSSR count). The first-order chi connectivity index (χ1) is 6.09. The van der Waals surface area contributed by atoms with Gasteiger partial charge in [-0.1, -0.05) is 6.92 Å². The lowest BCUT2D eigenvalue weighted by atomic mass is 10.0. The van der Waals surface area contributed by atoms with E-state index >= 15 is 0 Å². The molecule has 1 aromatic rings. The summed E-state index contributed by atoms with van der Waals surface area (Å²) in [7, 11) is 0. The van der Waals surface area contributed by atoms with Crippen molar-refractivity contribution in [3.63, 3.8) is 0 Å². The summed E-state index contributed by atoms with van der Waals surface area (Å²) < 4.78 is 0. The Balaban J connectivity index is 2.76. The molecule has 1 atom stereocenters. The topological polar surface area (TPSA) is 76.2 Å². The summed E-state index contributed by atoms with van der Waals surface area (Å²) in [5, 5.41) is 8.56. The number of pyridine rings is 1. The molecule has 3 N–H and O–H groups in total. The number of nitrogens with two attached hydrogens (primary N) is 1. The van der Waals surface area contributed by atoms with Crippen LogP contribution in [0.15, 0.2) is 18.3 Å². The molecule has 1 aromatic heterocycles. The minimum Gasteiger partial charge on any atom is -0.481 e. The zero-order valence-corrected chi connectivity index (χ0v) is 7.40. The summed E-state index contributed by atoms with van der Waals surface area (Å²) in [5.41, 5.74) is 6.88. The molecule has 0 aromatic carbocycles. The summed E-state index contributed by atoms with van der Waals surface area (Å²) in [6.45, 7) is 1.82. The highest BCUT2D eigenvalue weighted by Gasteiger charge is 2.10. The SMILES string of the molecule is C[C@@H](CC(=O)O)c1cc(N)ccn1. The number of carboxylic acids is 1. The van der Waals surface area contributed by atoms with Crippen LogP contribution in [0.25, 0.3) is 0 Å². The van der Waals surface area contributed by atoms with Gasteiger partial charge < -0.3 is 10.8 Å². The Morgan fingerprint density at radius 2 is 2.46 bits per heavy atom. The van der Waals surface area contributed by atoms with Crippen molar-refractivity contribution in [1.82, 2.24) is 4.98 Å². The van der Waals surface area contributed by atoms with E-state index in [2.05, 4.69) is 4.98 Å². The van der Waals surface area contributed by atoms with E-state index < -0.39 is 5.97 Å². The second-order valence-electron chi connectivity index (χ2n) is 3.01. The second kappa shape index (κ2) is 3.89. The maximum Gasteiger partial charge on any atom is 0.304 e. The van der Waals surface area contributed by atoms with E-state index in [1.54, 1.807) is 18.3 Å². The minimum absolute atomic E-state index is 0.0798. The number of nitrogens with zero attached hydrogens (tertiary/aromatic N) is 1. The molecule has 0 bridgehead atoms. The molecule has 4 nitrogen and oxygen atoms in total. The van der Waals surface area contributed by atoms with Gasteiger partial charge in [0.15, 0.2) is 0 Å². The third-order valence-corrected chi connectivity index (χ3v) is 1.79. The third kappa shape index (κ3) is 2.74. The number of carboxylic acid groups (broad SMARTS) is 1. The number of rotatable bonds is 3. The molecule has 0 aliphatic rings. The molecule has 0 saturated carbocycles. The molecule has 70 valence electrons. The number of nitrogen functional groups attached to an aromatic ring is 1. The Morgan fingerprint density at radius 1 is 1.77 bits per heavy atom. The third-order valence-electron chi connectivity index (χ3n) is 1.79. The van der Waals surface area contributed by atoms with E-state index in [1.807, 2.05) is 6.92 Å². The van der Waals surface area contributed by atoms with Gasteiger partial charge in [-0.05, 0) is 12.1 Å². The van der Waals surface area contributed by atoms with Gasteiger partial charge >= 0.3 is 5.97 Å². The second-order valence-corrected chi connectivity index (χ2v) is 3.01. The molecule has 0 unspecified atom stereocenters. The van der Waals surface area contributed by atoms with Gasteiger partial charge in [-0.2, -0.15) is 0 Å². The van der Waals surface area contributed by atoms with E-state index in [9.17, 15) is 4.79 Å². The van der Waals surface area contributed by atoms with E-state index in [0.717, 1.165) is 5.69 Å². The fourth-order valence-electron chi connectivity index (χ4n) is 1.10. The summed E-state index contributed by atoms with van der Waals surface area (Å²) in [5.74, 6) is -0.919. The normalized spacial score (nSPS) is 12.4. The van der Waals surface area contributed by atoms with Crippen molar-refractivity contribution >= 4 is 11.7 Å². The van der Waals surface area contributed by atoms with Crippen molar-refractivity contribution in [2.75, 3.05) is 5.73 Å². The van der Waals surface area contributed by atoms with Gasteiger partial charge in [-0.3, -0.25) is 9.78 Å². The number of anilines is 1. The maximum atomic E-state index is 10.4. The number of aromatic nitrogens is 1.